The molecule has 8 nitrogen and oxygen atoms in total. The first-order valence-corrected chi connectivity index (χ1v) is 10.0. The molecule has 2 amide bonds. The fourth-order valence-electron chi connectivity index (χ4n) is 3.64. The number of pyridine rings is 1. The highest BCUT2D eigenvalue weighted by Crippen LogP contribution is 2.33. The van der Waals surface area contributed by atoms with Crippen molar-refractivity contribution in [2.45, 2.75) is 27.2 Å². The van der Waals surface area contributed by atoms with E-state index in [-0.39, 0.29) is 17.0 Å². The van der Waals surface area contributed by atoms with Crippen molar-refractivity contribution in [1.82, 2.24) is 4.57 Å². The Hall–Kier alpha value is -3.94. The standard InChI is InChI=1S/C24H24N2O6/c1-6-16-8-7-9-19-20(16)22(32-15(3)28)21(23(29)25(19)4)24(30)26(14(2)27)17-10-12-18(31-5)13-11-17/h7-13H,6H2,1-5H3. The molecule has 0 aliphatic rings. The SMILES string of the molecule is CCc1cccc2c1c(OC(C)=O)c(C(=O)N(C(C)=O)c1ccc(OC)cc1)c(=O)n2C. The first-order valence-electron chi connectivity index (χ1n) is 10.0. The van der Waals surface area contributed by atoms with Gasteiger partial charge in [0.1, 0.15) is 11.3 Å². The molecule has 0 aliphatic heterocycles. The van der Waals surface area contributed by atoms with E-state index in [0.29, 0.717) is 23.1 Å². The Morgan fingerprint density at radius 3 is 2.22 bits per heavy atom. The summed E-state index contributed by atoms with van der Waals surface area (Å²) in [6.45, 7) is 4.33. The summed E-state index contributed by atoms with van der Waals surface area (Å²) in [4.78, 5) is 52.2. The van der Waals surface area contributed by atoms with Crippen LogP contribution in [0.15, 0.2) is 47.3 Å². The average Bonchev–Trinajstić information content (AvgIpc) is 2.76. The van der Waals surface area contributed by atoms with Crippen molar-refractivity contribution in [3.8, 4) is 11.5 Å². The number of ether oxygens (including phenoxy) is 2. The summed E-state index contributed by atoms with van der Waals surface area (Å²) in [6, 6.07) is 11.6. The normalized spacial score (nSPS) is 10.7. The van der Waals surface area contributed by atoms with E-state index in [2.05, 4.69) is 0 Å². The maximum absolute atomic E-state index is 13.6. The Balaban J connectivity index is 2.35. The molecule has 0 bridgehead atoms. The van der Waals surface area contributed by atoms with Gasteiger partial charge in [0.05, 0.1) is 18.3 Å². The van der Waals surface area contributed by atoms with Crippen LogP contribution in [0, 0.1) is 0 Å². The lowest BCUT2D eigenvalue weighted by Crippen LogP contribution is -2.40. The molecule has 3 aromatic rings. The molecule has 0 N–H and O–H groups in total. The van der Waals surface area contributed by atoms with E-state index in [9.17, 15) is 19.2 Å². The lowest BCUT2D eigenvalue weighted by Gasteiger charge is -2.22. The maximum Gasteiger partial charge on any atom is 0.308 e. The zero-order valence-corrected chi connectivity index (χ0v) is 18.6. The number of rotatable bonds is 5. The lowest BCUT2D eigenvalue weighted by molar-refractivity contribution is -0.131. The second kappa shape index (κ2) is 9.05. The van der Waals surface area contributed by atoms with Crippen molar-refractivity contribution >= 4 is 34.4 Å². The number of aryl methyl sites for hydroxylation is 2. The zero-order chi connectivity index (χ0) is 23.6. The van der Waals surface area contributed by atoms with Gasteiger partial charge in [0, 0.05) is 26.3 Å². The molecule has 0 atom stereocenters. The number of aromatic nitrogens is 1. The molecule has 0 aliphatic carbocycles. The van der Waals surface area contributed by atoms with Gasteiger partial charge in [-0.25, -0.2) is 4.90 Å². The van der Waals surface area contributed by atoms with E-state index in [0.717, 1.165) is 10.5 Å². The van der Waals surface area contributed by atoms with E-state index < -0.39 is 23.3 Å². The number of fused-ring (bicyclic) bond motifs is 1. The third kappa shape index (κ3) is 3.99. The molecule has 0 saturated carbocycles. The van der Waals surface area contributed by atoms with Crippen LogP contribution in [0.4, 0.5) is 5.69 Å². The van der Waals surface area contributed by atoms with Crippen LogP contribution in [0.3, 0.4) is 0 Å². The minimum atomic E-state index is -0.882. The van der Waals surface area contributed by atoms with Gasteiger partial charge in [-0.2, -0.15) is 0 Å². The molecule has 2 aromatic carbocycles. The van der Waals surface area contributed by atoms with Gasteiger partial charge >= 0.3 is 5.97 Å². The fourth-order valence-corrected chi connectivity index (χ4v) is 3.64. The zero-order valence-electron chi connectivity index (χ0n) is 18.6. The van der Waals surface area contributed by atoms with Gasteiger partial charge in [0.2, 0.25) is 5.91 Å². The van der Waals surface area contributed by atoms with E-state index in [1.54, 1.807) is 24.3 Å². The molecule has 0 saturated heterocycles. The largest absolute Gasteiger partial charge is 0.497 e. The van der Waals surface area contributed by atoms with Crippen molar-refractivity contribution in [2.75, 3.05) is 12.0 Å². The monoisotopic (exact) mass is 436 g/mol. The van der Waals surface area contributed by atoms with Crippen LogP contribution in [0.25, 0.3) is 10.9 Å². The summed E-state index contributed by atoms with van der Waals surface area (Å²) >= 11 is 0. The van der Waals surface area contributed by atoms with Gasteiger partial charge in [0.25, 0.3) is 11.5 Å². The first-order chi connectivity index (χ1) is 15.2. The second-order valence-electron chi connectivity index (χ2n) is 7.18. The van der Waals surface area contributed by atoms with Gasteiger partial charge in [-0.05, 0) is 42.3 Å². The Morgan fingerprint density at radius 1 is 1.03 bits per heavy atom. The predicted molar refractivity (Wildman–Crippen MR) is 120 cm³/mol. The van der Waals surface area contributed by atoms with Crippen LogP contribution in [-0.2, 0) is 23.1 Å². The van der Waals surface area contributed by atoms with Crippen LogP contribution < -0.4 is 19.9 Å². The number of carbonyl (C=O) groups is 3. The minimum Gasteiger partial charge on any atom is -0.497 e. The predicted octanol–water partition coefficient (Wildman–Crippen LogP) is 3.23. The maximum atomic E-state index is 13.6. The van der Waals surface area contributed by atoms with Crippen LogP contribution in [0.1, 0.15) is 36.7 Å². The second-order valence-corrected chi connectivity index (χ2v) is 7.18. The molecule has 166 valence electrons. The smallest absolute Gasteiger partial charge is 0.308 e. The highest BCUT2D eigenvalue weighted by atomic mass is 16.5. The number of imide groups is 1. The average molecular weight is 436 g/mol. The van der Waals surface area contributed by atoms with Crippen LogP contribution >= 0.6 is 0 Å². The third-order valence-corrected chi connectivity index (χ3v) is 5.15. The molecule has 0 fully saturated rings. The number of nitrogens with zero attached hydrogens (tertiary/aromatic N) is 2. The molecule has 1 heterocycles. The number of methoxy groups -OCH3 is 1. The van der Waals surface area contributed by atoms with Crippen LogP contribution in [0.5, 0.6) is 11.5 Å². The van der Waals surface area contributed by atoms with Crippen molar-refractivity contribution < 1.29 is 23.9 Å². The summed E-state index contributed by atoms with van der Waals surface area (Å²) in [7, 11) is 3.03. The molecule has 32 heavy (non-hydrogen) atoms. The number of benzene rings is 2. The Morgan fingerprint density at radius 2 is 1.69 bits per heavy atom. The van der Waals surface area contributed by atoms with Gasteiger partial charge in [-0.15, -0.1) is 0 Å². The van der Waals surface area contributed by atoms with E-state index >= 15 is 0 Å². The number of esters is 1. The Bertz CT molecular complexity index is 1270. The van der Waals surface area contributed by atoms with E-state index in [1.165, 1.54) is 44.7 Å². The summed E-state index contributed by atoms with van der Waals surface area (Å²) in [5.74, 6) is -1.76. The molecule has 0 unspecified atom stereocenters. The molecular formula is C24H24N2O6. The highest BCUT2D eigenvalue weighted by molar-refractivity contribution is 6.22. The summed E-state index contributed by atoms with van der Waals surface area (Å²) in [6.07, 6.45) is 0.576. The number of amides is 2. The minimum absolute atomic E-state index is 0.141. The van der Waals surface area contributed by atoms with Crippen LogP contribution in [-0.4, -0.2) is 29.5 Å². The summed E-state index contributed by atoms with van der Waals surface area (Å²) in [5, 5.41) is 0.480. The molecule has 0 spiro atoms. The summed E-state index contributed by atoms with van der Waals surface area (Å²) in [5.41, 5.74) is 0.500. The first kappa shape index (κ1) is 22.7. The van der Waals surface area contributed by atoms with E-state index in [4.69, 9.17) is 9.47 Å². The van der Waals surface area contributed by atoms with Crippen molar-refractivity contribution in [1.29, 1.82) is 0 Å². The molecular weight excluding hydrogens is 412 g/mol. The van der Waals surface area contributed by atoms with Crippen molar-refractivity contribution in [2.24, 2.45) is 7.05 Å². The molecule has 3 rings (SSSR count). The highest BCUT2D eigenvalue weighted by Gasteiger charge is 2.31. The number of hydrogen-bond acceptors (Lipinski definition) is 6. The van der Waals surface area contributed by atoms with E-state index in [1.807, 2.05) is 13.0 Å². The molecule has 8 heteroatoms. The van der Waals surface area contributed by atoms with Crippen molar-refractivity contribution in [3.05, 3.63) is 63.9 Å². The number of anilines is 1. The van der Waals surface area contributed by atoms with Gasteiger partial charge in [-0.1, -0.05) is 19.1 Å². The number of hydrogen-bond donors (Lipinski definition) is 0. The van der Waals surface area contributed by atoms with Crippen LogP contribution in [0.2, 0.25) is 0 Å². The Labute approximate surface area is 185 Å². The third-order valence-electron chi connectivity index (χ3n) is 5.15. The molecule has 1 aromatic heterocycles. The van der Waals surface area contributed by atoms with Gasteiger partial charge < -0.3 is 14.0 Å². The number of carbonyl (C=O) groups excluding carboxylic acids is 3. The quantitative estimate of drug-likeness (QED) is 0.570. The summed E-state index contributed by atoms with van der Waals surface area (Å²) < 4.78 is 11.9. The molecule has 0 radical (unpaired) electrons. The van der Waals surface area contributed by atoms with Gasteiger partial charge in [0.15, 0.2) is 5.75 Å². The van der Waals surface area contributed by atoms with Gasteiger partial charge in [-0.3, -0.25) is 19.2 Å². The Kier molecular flexibility index (Phi) is 6.43. The lowest BCUT2D eigenvalue weighted by atomic mass is 10.0. The fraction of sp³-hybridized carbons (Fsp3) is 0.250. The topological polar surface area (TPSA) is 94.9 Å². The van der Waals surface area contributed by atoms with Crippen molar-refractivity contribution in [3.63, 3.8) is 0 Å².